The van der Waals surface area contributed by atoms with E-state index in [9.17, 15) is 18.0 Å². The van der Waals surface area contributed by atoms with Crippen LogP contribution in [0.3, 0.4) is 0 Å². The summed E-state index contributed by atoms with van der Waals surface area (Å²) in [7, 11) is -3.93. The molecule has 2 aromatic carbocycles. The van der Waals surface area contributed by atoms with Crippen molar-refractivity contribution in [2.24, 2.45) is 0 Å². The van der Waals surface area contributed by atoms with E-state index in [1.807, 2.05) is 6.07 Å². The maximum Gasteiger partial charge on any atom is 0.268 e. The second-order valence-electron chi connectivity index (χ2n) is 6.27. The first kappa shape index (κ1) is 17.2. The van der Waals surface area contributed by atoms with Crippen molar-refractivity contribution in [1.29, 1.82) is 0 Å². The van der Waals surface area contributed by atoms with Crippen LogP contribution in [0.25, 0.3) is 16.7 Å². The van der Waals surface area contributed by atoms with Crippen molar-refractivity contribution in [1.82, 2.24) is 3.97 Å². The van der Waals surface area contributed by atoms with Crippen LogP contribution in [0.4, 0.5) is 0 Å². The van der Waals surface area contributed by atoms with Gasteiger partial charge in [0.05, 0.1) is 16.2 Å². The van der Waals surface area contributed by atoms with Gasteiger partial charge in [0.1, 0.15) is 0 Å². The van der Waals surface area contributed by atoms with Crippen LogP contribution in [-0.4, -0.2) is 24.0 Å². The highest BCUT2D eigenvalue weighted by atomic mass is 32.2. The highest BCUT2D eigenvalue weighted by Crippen LogP contribution is 2.37. The summed E-state index contributed by atoms with van der Waals surface area (Å²) in [6, 6.07) is 17.0. The molecule has 0 unspecified atom stereocenters. The van der Waals surface area contributed by atoms with Gasteiger partial charge in [0, 0.05) is 11.8 Å². The van der Waals surface area contributed by atoms with Crippen LogP contribution in [0.5, 0.6) is 0 Å². The molecule has 1 heterocycles. The van der Waals surface area contributed by atoms with Gasteiger partial charge in [-0.2, -0.15) is 0 Å². The molecule has 0 fully saturated rings. The number of hydrogen-bond acceptors (Lipinski definition) is 4. The van der Waals surface area contributed by atoms with Gasteiger partial charge in [0.25, 0.3) is 10.0 Å². The maximum atomic E-state index is 13.2. The van der Waals surface area contributed by atoms with Gasteiger partial charge in [0.2, 0.25) is 11.6 Å². The Bertz CT molecular complexity index is 1200. The molecular weight excluding hydrogens is 362 g/mol. The number of Topliss-reactive ketones (excluding diaryl/α,β-unsaturated/α-hetero) is 1. The Labute approximate surface area is 156 Å². The standard InChI is InChI=1S/C21H15NO4S/c1-14-12-18(23)21(24)19-17(15-8-4-2-5-9-15)13-22(20(14)19)27(25,26)16-10-6-3-7-11-16/h2-13H,1H3. The highest BCUT2D eigenvalue weighted by molar-refractivity contribution is 7.90. The summed E-state index contributed by atoms with van der Waals surface area (Å²) in [6.45, 7) is 1.63. The third-order valence-corrected chi connectivity index (χ3v) is 6.20. The Morgan fingerprint density at radius 1 is 0.852 bits per heavy atom. The number of carbonyl (C=O) groups is 2. The van der Waals surface area contributed by atoms with Gasteiger partial charge in [-0.05, 0) is 36.3 Å². The average Bonchev–Trinajstić information content (AvgIpc) is 3.10. The zero-order valence-electron chi connectivity index (χ0n) is 14.4. The van der Waals surface area contributed by atoms with Gasteiger partial charge in [-0.25, -0.2) is 12.4 Å². The number of carbonyl (C=O) groups excluding carboxylic acids is 2. The van der Waals surface area contributed by atoms with Crippen molar-refractivity contribution in [3.63, 3.8) is 0 Å². The van der Waals surface area contributed by atoms with Gasteiger partial charge >= 0.3 is 0 Å². The molecule has 0 spiro atoms. The molecule has 0 saturated carbocycles. The molecular formula is C21H15NO4S. The summed E-state index contributed by atoms with van der Waals surface area (Å²) >= 11 is 0. The summed E-state index contributed by atoms with van der Waals surface area (Å²) in [4.78, 5) is 24.8. The molecule has 0 bridgehead atoms. The first-order valence-corrected chi connectivity index (χ1v) is 9.74. The smallest absolute Gasteiger partial charge is 0.268 e. The van der Waals surface area contributed by atoms with Crippen LogP contribution in [0.1, 0.15) is 23.0 Å². The van der Waals surface area contributed by atoms with E-state index in [0.29, 0.717) is 16.7 Å². The number of aromatic nitrogens is 1. The molecule has 5 nitrogen and oxygen atoms in total. The molecule has 3 aromatic rings. The minimum atomic E-state index is -3.93. The summed E-state index contributed by atoms with van der Waals surface area (Å²) in [5.41, 5.74) is 1.91. The van der Waals surface area contributed by atoms with E-state index in [0.717, 1.165) is 3.97 Å². The van der Waals surface area contributed by atoms with E-state index in [-0.39, 0.29) is 16.2 Å². The molecule has 0 saturated heterocycles. The second-order valence-corrected chi connectivity index (χ2v) is 8.08. The van der Waals surface area contributed by atoms with Crippen molar-refractivity contribution in [3.8, 4) is 11.1 Å². The fraction of sp³-hybridized carbons (Fsp3) is 0.0476. The summed E-state index contributed by atoms with van der Waals surface area (Å²) in [6.07, 6.45) is 2.62. The van der Waals surface area contributed by atoms with E-state index in [1.165, 1.54) is 24.4 Å². The van der Waals surface area contributed by atoms with E-state index >= 15 is 0 Å². The Hall–Kier alpha value is -3.25. The molecule has 0 radical (unpaired) electrons. The van der Waals surface area contributed by atoms with Crippen LogP contribution >= 0.6 is 0 Å². The maximum absolute atomic E-state index is 13.2. The van der Waals surface area contributed by atoms with Crippen molar-refractivity contribution in [2.45, 2.75) is 11.8 Å². The van der Waals surface area contributed by atoms with Gasteiger partial charge in [-0.1, -0.05) is 48.5 Å². The molecule has 134 valence electrons. The van der Waals surface area contributed by atoms with Crippen LogP contribution in [0.15, 0.2) is 77.8 Å². The Morgan fingerprint density at radius 3 is 2.07 bits per heavy atom. The molecule has 1 aliphatic rings. The quantitative estimate of drug-likeness (QED) is 0.654. The molecule has 0 atom stereocenters. The monoisotopic (exact) mass is 377 g/mol. The first-order chi connectivity index (χ1) is 12.9. The summed E-state index contributed by atoms with van der Waals surface area (Å²) < 4.78 is 27.6. The normalized spacial score (nSPS) is 14.0. The molecule has 6 heteroatoms. The lowest BCUT2D eigenvalue weighted by Gasteiger charge is -2.15. The minimum Gasteiger partial charge on any atom is -0.286 e. The number of benzene rings is 2. The number of nitrogens with zero attached hydrogens (tertiary/aromatic N) is 1. The van der Waals surface area contributed by atoms with Gasteiger partial charge in [-0.3, -0.25) is 9.59 Å². The van der Waals surface area contributed by atoms with Crippen molar-refractivity contribution in [3.05, 3.63) is 84.2 Å². The van der Waals surface area contributed by atoms with E-state index < -0.39 is 21.6 Å². The topological polar surface area (TPSA) is 73.2 Å². The van der Waals surface area contributed by atoms with Gasteiger partial charge < -0.3 is 0 Å². The zero-order valence-corrected chi connectivity index (χ0v) is 15.2. The molecule has 0 amide bonds. The number of hydrogen-bond donors (Lipinski definition) is 0. The molecule has 4 rings (SSSR count). The largest absolute Gasteiger partial charge is 0.286 e. The predicted octanol–water partition coefficient (Wildman–Crippen LogP) is 3.56. The second kappa shape index (κ2) is 6.17. The average molecular weight is 377 g/mol. The fourth-order valence-corrected chi connectivity index (χ4v) is 4.72. The lowest BCUT2D eigenvalue weighted by atomic mass is 9.91. The molecule has 0 aliphatic heterocycles. The lowest BCUT2D eigenvalue weighted by molar-refractivity contribution is -0.111. The first-order valence-electron chi connectivity index (χ1n) is 8.30. The third-order valence-electron chi connectivity index (χ3n) is 4.53. The number of rotatable bonds is 3. The highest BCUT2D eigenvalue weighted by Gasteiger charge is 2.34. The van der Waals surface area contributed by atoms with Crippen molar-refractivity contribution >= 4 is 27.2 Å². The van der Waals surface area contributed by atoms with Crippen LogP contribution in [0.2, 0.25) is 0 Å². The van der Waals surface area contributed by atoms with E-state index in [2.05, 4.69) is 0 Å². The zero-order chi connectivity index (χ0) is 19.2. The SMILES string of the molecule is CC1=CC(=O)C(=O)c2c(-c3ccccc3)cn(S(=O)(=O)c3ccccc3)c21. The van der Waals surface area contributed by atoms with Crippen molar-refractivity contribution in [2.75, 3.05) is 0 Å². The number of ketones is 2. The Morgan fingerprint density at radius 2 is 1.44 bits per heavy atom. The van der Waals surface area contributed by atoms with Crippen LogP contribution < -0.4 is 0 Å². The fourth-order valence-electron chi connectivity index (χ4n) is 3.27. The van der Waals surface area contributed by atoms with Crippen molar-refractivity contribution < 1.29 is 18.0 Å². The van der Waals surface area contributed by atoms with Crippen LogP contribution in [-0.2, 0) is 14.8 Å². The minimum absolute atomic E-state index is 0.111. The molecule has 0 N–H and O–H groups in total. The molecule has 1 aliphatic carbocycles. The summed E-state index contributed by atoms with van der Waals surface area (Å²) in [5, 5.41) is 0. The Balaban J connectivity index is 2.07. The van der Waals surface area contributed by atoms with E-state index in [4.69, 9.17) is 0 Å². The lowest BCUT2D eigenvalue weighted by Crippen LogP contribution is -2.22. The van der Waals surface area contributed by atoms with Gasteiger partial charge in [-0.15, -0.1) is 0 Å². The molecule has 27 heavy (non-hydrogen) atoms. The van der Waals surface area contributed by atoms with Gasteiger partial charge in [0.15, 0.2) is 0 Å². The number of allylic oxidation sites excluding steroid dienone is 2. The van der Waals surface area contributed by atoms with Crippen LogP contribution in [0, 0.1) is 0 Å². The number of fused-ring (bicyclic) bond motifs is 1. The third kappa shape index (κ3) is 2.65. The molecule has 1 aromatic heterocycles. The Kier molecular flexibility index (Phi) is 3.93. The predicted molar refractivity (Wildman–Crippen MR) is 102 cm³/mol. The van der Waals surface area contributed by atoms with E-state index in [1.54, 1.807) is 49.4 Å². The summed E-state index contributed by atoms with van der Waals surface area (Å²) in [5.74, 6) is -1.34.